The van der Waals surface area contributed by atoms with E-state index in [4.69, 9.17) is 4.74 Å². The summed E-state index contributed by atoms with van der Waals surface area (Å²) in [7, 11) is 0. The summed E-state index contributed by atoms with van der Waals surface area (Å²) in [6.45, 7) is 7.24. The molecule has 1 spiro atoms. The zero-order chi connectivity index (χ0) is 15.1. The molecule has 3 heteroatoms. The summed E-state index contributed by atoms with van der Waals surface area (Å²) >= 11 is 0. The molecule has 1 aliphatic heterocycles. The Morgan fingerprint density at radius 1 is 1.19 bits per heavy atom. The summed E-state index contributed by atoms with van der Waals surface area (Å²) in [5.41, 5.74) is 0.435. The van der Waals surface area contributed by atoms with E-state index in [0.29, 0.717) is 6.61 Å². The van der Waals surface area contributed by atoms with Gasteiger partial charge in [-0.15, -0.1) is 0 Å². The lowest BCUT2D eigenvalue weighted by Gasteiger charge is -2.41. The number of hydrogen-bond donors (Lipinski definition) is 0. The molecular weight excluding hydrogens is 262 g/mol. The number of carbonyl (C=O) groups excluding carboxylic acids is 1. The van der Waals surface area contributed by atoms with Crippen molar-refractivity contribution in [3.05, 3.63) is 35.9 Å². The minimum absolute atomic E-state index is 0.0243. The fraction of sp³-hybridized carbons (Fsp3) is 0.611. The van der Waals surface area contributed by atoms with Gasteiger partial charge in [0.05, 0.1) is 12.6 Å². The molecule has 114 valence electrons. The van der Waals surface area contributed by atoms with Crippen LogP contribution in [0.25, 0.3) is 0 Å². The molecule has 0 bridgehead atoms. The van der Waals surface area contributed by atoms with E-state index in [0.717, 1.165) is 31.2 Å². The Morgan fingerprint density at radius 2 is 1.81 bits per heavy atom. The highest BCUT2D eigenvalue weighted by molar-refractivity contribution is 5.95. The van der Waals surface area contributed by atoms with Gasteiger partial charge < -0.3 is 9.64 Å². The fourth-order valence-electron chi connectivity index (χ4n) is 3.66. The monoisotopic (exact) mass is 287 g/mol. The van der Waals surface area contributed by atoms with E-state index in [1.807, 2.05) is 30.3 Å². The van der Waals surface area contributed by atoms with Gasteiger partial charge in [-0.2, -0.15) is 0 Å². The van der Waals surface area contributed by atoms with Crippen molar-refractivity contribution in [2.75, 3.05) is 6.61 Å². The molecule has 1 atom stereocenters. The maximum atomic E-state index is 13.1. The summed E-state index contributed by atoms with van der Waals surface area (Å²) in [6.07, 6.45) is 4.24. The minimum Gasteiger partial charge on any atom is -0.353 e. The highest BCUT2D eigenvalue weighted by Crippen LogP contribution is 2.46. The highest BCUT2D eigenvalue weighted by atomic mass is 16.5. The molecule has 1 amide bonds. The van der Waals surface area contributed by atoms with Crippen molar-refractivity contribution in [1.82, 2.24) is 4.90 Å². The third-order valence-corrected chi connectivity index (χ3v) is 4.88. The maximum Gasteiger partial charge on any atom is 0.256 e. The Kier molecular flexibility index (Phi) is 3.56. The van der Waals surface area contributed by atoms with Crippen LogP contribution in [-0.2, 0) is 4.74 Å². The van der Waals surface area contributed by atoms with Gasteiger partial charge in [-0.3, -0.25) is 4.79 Å². The number of rotatable bonds is 1. The zero-order valence-electron chi connectivity index (χ0n) is 13.3. The van der Waals surface area contributed by atoms with Crippen LogP contribution in [0.15, 0.2) is 30.3 Å². The Labute approximate surface area is 127 Å². The van der Waals surface area contributed by atoms with Crippen molar-refractivity contribution in [2.24, 2.45) is 5.41 Å². The SMILES string of the molecule is CC(C)(C)[C@H]1COC2(CCCC2)N1C(=O)c1ccccc1. The molecule has 1 saturated carbocycles. The van der Waals surface area contributed by atoms with Crippen LogP contribution >= 0.6 is 0 Å². The lowest BCUT2D eigenvalue weighted by atomic mass is 9.85. The smallest absolute Gasteiger partial charge is 0.256 e. The predicted octanol–water partition coefficient (Wildman–Crippen LogP) is 3.84. The van der Waals surface area contributed by atoms with Crippen LogP contribution in [-0.4, -0.2) is 29.2 Å². The first-order chi connectivity index (χ1) is 9.94. The standard InChI is InChI=1S/C18H25NO2/c1-17(2,3)15-13-21-18(11-7-8-12-18)19(15)16(20)14-9-5-4-6-10-14/h4-6,9-10,15H,7-8,11-13H2,1-3H3/t15-/m1/s1. The van der Waals surface area contributed by atoms with Gasteiger partial charge in [0.25, 0.3) is 5.91 Å². The van der Waals surface area contributed by atoms with E-state index >= 15 is 0 Å². The van der Waals surface area contributed by atoms with E-state index < -0.39 is 0 Å². The van der Waals surface area contributed by atoms with Gasteiger partial charge in [0.1, 0.15) is 5.72 Å². The molecule has 3 rings (SSSR count). The van der Waals surface area contributed by atoms with Gasteiger partial charge in [0, 0.05) is 5.56 Å². The number of carbonyl (C=O) groups is 1. The molecule has 2 aliphatic rings. The largest absolute Gasteiger partial charge is 0.353 e. The molecule has 2 fully saturated rings. The first-order valence-electron chi connectivity index (χ1n) is 7.97. The number of amides is 1. The summed E-state index contributed by atoms with van der Waals surface area (Å²) in [5, 5.41) is 0. The Bertz CT molecular complexity index is 512. The number of hydrogen-bond acceptors (Lipinski definition) is 2. The van der Waals surface area contributed by atoms with Gasteiger partial charge in [-0.1, -0.05) is 39.0 Å². The molecule has 1 saturated heterocycles. The van der Waals surface area contributed by atoms with Crippen LogP contribution in [0, 0.1) is 5.41 Å². The second kappa shape index (κ2) is 5.13. The van der Waals surface area contributed by atoms with Crippen molar-refractivity contribution in [3.63, 3.8) is 0 Å². The summed E-state index contributed by atoms with van der Waals surface area (Å²) < 4.78 is 6.20. The Morgan fingerprint density at radius 3 is 2.38 bits per heavy atom. The van der Waals surface area contributed by atoms with Crippen molar-refractivity contribution >= 4 is 5.91 Å². The van der Waals surface area contributed by atoms with E-state index in [-0.39, 0.29) is 23.1 Å². The zero-order valence-corrected chi connectivity index (χ0v) is 13.3. The van der Waals surface area contributed by atoms with Crippen molar-refractivity contribution in [1.29, 1.82) is 0 Å². The predicted molar refractivity (Wildman–Crippen MR) is 83.0 cm³/mol. The van der Waals surface area contributed by atoms with E-state index in [2.05, 4.69) is 25.7 Å². The van der Waals surface area contributed by atoms with Gasteiger partial charge in [0.15, 0.2) is 0 Å². The van der Waals surface area contributed by atoms with E-state index in [9.17, 15) is 4.79 Å². The van der Waals surface area contributed by atoms with Gasteiger partial charge in [-0.25, -0.2) is 0 Å². The lowest BCUT2D eigenvalue weighted by Crippen LogP contribution is -2.53. The maximum absolute atomic E-state index is 13.1. The quantitative estimate of drug-likeness (QED) is 0.785. The molecule has 0 unspecified atom stereocenters. The van der Waals surface area contributed by atoms with Gasteiger partial charge in [0.2, 0.25) is 0 Å². The second-order valence-corrected chi connectivity index (χ2v) is 7.39. The van der Waals surface area contributed by atoms with Gasteiger partial charge in [-0.05, 0) is 43.2 Å². The van der Waals surface area contributed by atoms with Crippen LogP contribution in [0.2, 0.25) is 0 Å². The number of nitrogens with zero attached hydrogens (tertiary/aromatic N) is 1. The first-order valence-corrected chi connectivity index (χ1v) is 7.97. The molecule has 0 radical (unpaired) electrons. The molecule has 1 aromatic carbocycles. The fourth-order valence-corrected chi connectivity index (χ4v) is 3.66. The van der Waals surface area contributed by atoms with Crippen molar-refractivity contribution in [2.45, 2.75) is 58.2 Å². The van der Waals surface area contributed by atoms with Crippen molar-refractivity contribution in [3.8, 4) is 0 Å². The Balaban J connectivity index is 1.98. The first kappa shape index (κ1) is 14.6. The second-order valence-electron chi connectivity index (χ2n) is 7.39. The van der Waals surface area contributed by atoms with Crippen LogP contribution in [0.3, 0.4) is 0 Å². The van der Waals surface area contributed by atoms with Crippen LogP contribution in [0.4, 0.5) is 0 Å². The molecule has 21 heavy (non-hydrogen) atoms. The van der Waals surface area contributed by atoms with Crippen LogP contribution in [0.1, 0.15) is 56.8 Å². The molecular formula is C18H25NO2. The third kappa shape index (κ3) is 2.48. The van der Waals surface area contributed by atoms with Crippen LogP contribution in [0.5, 0.6) is 0 Å². The number of ether oxygens (including phenoxy) is 1. The van der Waals surface area contributed by atoms with E-state index in [1.165, 1.54) is 0 Å². The summed E-state index contributed by atoms with van der Waals surface area (Å²) in [5.74, 6) is 0.120. The number of benzene rings is 1. The highest BCUT2D eigenvalue weighted by Gasteiger charge is 2.54. The Hall–Kier alpha value is -1.35. The van der Waals surface area contributed by atoms with Crippen LogP contribution < -0.4 is 0 Å². The summed E-state index contributed by atoms with van der Waals surface area (Å²) in [6, 6.07) is 9.76. The summed E-state index contributed by atoms with van der Waals surface area (Å²) in [4.78, 5) is 15.2. The molecule has 1 aliphatic carbocycles. The average molecular weight is 287 g/mol. The molecule has 1 aromatic rings. The van der Waals surface area contributed by atoms with Crippen molar-refractivity contribution < 1.29 is 9.53 Å². The van der Waals surface area contributed by atoms with Gasteiger partial charge >= 0.3 is 0 Å². The van der Waals surface area contributed by atoms with E-state index in [1.54, 1.807) is 0 Å². The molecule has 0 aromatic heterocycles. The molecule has 1 heterocycles. The molecule has 0 N–H and O–H groups in total. The molecule has 3 nitrogen and oxygen atoms in total. The lowest BCUT2D eigenvalue weighted by molar-refractivity contribution is -0.0667. The third-order valence-electron chi connectivity index (χ3n) is 4.88. The minimum atomic E-state index is -0.356. The average Bonchev–Trinajstić information content (AvgIpc) is 3.07. The topological polar surface area (TPSA) is 29.5 Å². The normalized spacial score (nSPS) is 24.7.